The van der Waals surface area contributed by atoms with Gasteiger partial charge in [-0.05, 0) is 24.7 Å². The fourth-order valence-electron chi connectivity index (χ4n) is 1.59. The molecule has 0 fully saturated rings. The largest absolute Gasteiger partial charge is 0.480 e. The zero-order chi connectivity index (χ0) is 14.1. The summed E-state index contributed by atoms with van der Waals surface area (Å²) in [5.74, 6) is -0.452. The number of aliphatic carboxylic acids is 1. The molecule has 0 heterocycles. The zero-order valence-electron chi connectivity index (χ0n) is 11.8. The van der Waals surface area contributed by atoms with Crippen LogP contribution in [0.5, 0.6) is 0 Å². The Morgan fingerprint density at radius 3 is 2.28 bits per heavy atom. The van der Waals surface area contributed by atoms with E-state index < -0.39 is 18.0 Å². The summed E-state index contributed by atoms with van der Waals surface area (Å²) in [6, 6.07) is -1.22. The van der Waals surface area contributed by atoms with Gasteiger partial charge in [-0.15, -0.1) is 0 Å². The van der Waals surface area contributed by atoms with Gasteiger partial charge in [-0.3, -0.25) is 0 Å². The van der Waals surface area contributed by atoms with Crippen molar-refractivity contribution >= 4 is 12.0 Å². The van der Waals surface area contributed by atoms with Gasteiger partial charge in [0, 0.05) is 6.54 Å². The van der Waals surface area contributed by atoms with Gasteiger partial charge >= 0.3 is 12.0 Å². The molecule has 0 saturated carbocycles. The second-order valence-electron chi connectivity index (χ2n) is 5.14. The SMILES string of the molecule is CC[C@H](C)[C@H](NC(=O)NCCCC(C)C)C(=O)O. The fraction of sp³-hybridized carbons (Fsp3) is 0.846. The van der Waals surface area contributed by atoms with Crippen molar-refractivity contribution in [2.24, 2.45) is 11.8 Å². The van der Waals surface area contributed by atoms with Crippen LogP contribution in [0, 0.1) is 11.8 Å². The maximum atomic E-state index is 11.5. The summed E-state index contributed by atoms with van der Waals surface area (Å²) >= 11 is 0. The van der Waals surface area contributed by atoms with Crippen LogP contribution in [0.25, 0.3) is 0 Å². The molecule has 0 rings (SSSR count). The monoisotopic (exact) mass is 258 g/mol. The van der Waals surface area contributed by atoms with Gasteiger partial charge in [-0.2, -0.15) is 0 Å². The van der Waals surface area contributed by atoms with Crippen LogP contribution >= 0.6 is 0 Å². The summed E-state index contributed by atoms with van der Waals surface area (Å²) < 4.78 is 0. The molecular weight excluding hydrogens is 232 g/mol. The van der Waals surface area contributed by atoms with E-state index in [0.717, 1.165) is 12.8 Å². The normalized spacial score (nSPS) is 14.1. The Morgan fingerprint density at radius 2 is 1.83 bits per heavy atom. The number of amides is 2. The van der Waals surface area contributed by atoms with Gasteiger partial charge < -0.3 is 15.7 Å². The molecule has 0 aromatic carbocycles. The molecule has 0 aliphatic carbocycles. The van der Waals surface area contributed by atoms with Crippen LogP contribution in [0.1, 0.15) is 47.0 Å². The quantitative estimate of drug-likeness (QED) is 0.584. The third-order valence-corrected chi connectivity index (χ3v) is 3.01. The minimum absolute atomic E-state index is 0.0797. The lowest BCUT2D eigenvalue weighted by Crippen LogP contribution is -2.49. The van der Waals surface area contributed by atoms with Crippen LogP contribution < -0.4 is 10.6 Å². The topological polar surface area (TPSA) is 78.4 Å². The Kier molecular flexibility index (Phi) is 8.16. The number of carbonyl (C=O) groups is 2. The highest BCUT2D eigenvalue weighted by atomic mass is 16.4. The maximum absolute atomic E-state index is 11.5. The van der Waals surface area contributed by atoms with E-state index in [9.17, 15) is 9.59 Å². The second-order valence-corrected chi connectivity index (χ2v) is 5.14. The molecule has 0 spiro atoms. The summed E-state index contributed by atoms with van der Waals surface area (Å²) in [6.45, 7) is 8.56. The van der Waals surface area contributed by atoms with Crippen molar-refractivity contribution in [3.8, 4) is 0 Å². The van der Waals surface area contributed by atoms with E-state index in [1.807, 2.05) is 13.8 Å². The molecule has 0 aliphatic heterocycles. The molecule has 0 unspecified atom stereocenters. The van der Waals surface area contributed by atoms with Crippen molar-refractivity contribution < 1.29 is 14.7 Å². The molecule has 2 amide bonds. The first kappa shape index (κ1) is 16.7. The second kappa shape index (κ2) is 8.78. The molecule has 2 atom stereocenters. The number of rotatable bonds is 8. The number of urea groups is 1. The summed E-state index contributed by atoms with van der Waals surface area (Å²) in [5.41, 5.74) is 0. The van der Waals surface area contributed by atoms with Crippen LogP contribution in [-0.2, 0) is 4.79 Å². The van der Waals surface area contributed by atoms with Gasteiger partial charge in [0.1, 0.15) is 6.04 Å². The molecule has 5 nitrogen and oxygen atoms in total. The smallest absolute Gasteiger partial charge is 0.326 e. The minimum Gasteiger partial charge on any atom is -0.480 e. The Labute approximate surface area is 109 Å². The predicted molar refractivity (Wildman–Crippen MR) is 71.5 cm³/mol. The first-order valence-corrected chi connectivity index (χ1v) is 6.65. The molecule has 0 saturated heterocycles. The highest BCUT2D eigenvalue weighted by molar-refractivity contribution is 5.82. The summed E-state index contributed by atoms with van der Waals surface area (Å²) in [4.78, 5) is 22.5. The molecule has 0 aliphatic rings. The molecule has 0 aromatic heterocycles. The van der Waals surface area contributed by atoms with Crippen LogP contribution in [0.4, 0.5) is 4.79 Å². The number of hydrogen-bond acceptors (Lipinski definition) is 2. The van der Waals surface area contributed by atoms with Gasteiger partial charge in [-0.1, -0.05) is 34.1 Å². The van der Waals surface area contributed by atoms with E-state index in [-0.39, 0.29) is 5.92 Å². The van der Waals surface area contributed by atoms with Crippen molar-refractivity contribution in [2.75, 3.05) is 6.54 Å². The van der Waals surface area contributed by atoms with Crippen LogP contribution in [0.3, 0.4) is 0 Å². The van der Waals surface area contributed by atoms with E-state index in [1.54, 1.807) is 0 Å². The summed E-state index contributed by atoms with van der Waals surface area (Å²) in [6.07, 6.45) is 2.67. The van der Waals surface area contributed by atoms with E-state index in [2.05, 4.69) is 24.5 Å². The number of carboxylic acids is 1. The predicted octanol–water partition coefficient (Wildman–Crippen LogP) is 2.22. The highest BCUT2D eigenvalue weighted by Crippen LogP contribution is 2.07. The van der Waals surface area contributed by atoms with Crippen LogP contribution in [0.15, 0.2) is 0 Å². The third-order valence-electron chi connectivity index (χ3n) is 3.01. The molecule has 0 radical (unpaired) electrons. The average Bonchev–Trinajstić information content (AvgIpc) is 2.30. The van der Waals surface area contributed by atoms with Crippen LogP contribution in [0.2, 0.25) is 0 Å². The standard InChI is InChI=1S/C13H26N2O3/c1-5-10(4)11(12(16)17)15-13(18)14-8-6-7-9(2)3/h9-11H,5-8H2,1-4H3,(H,16,17)(H2,14,15,18)/t10-,11-/m0/s1. The molecule has 0 aromatic rings. The van der Waals surface area contributed by atoms with Crippen molar-refractivity contribution in [3.63, 3.8) is 0 Å². The highest BCUT2D eigenvalue weighted by Gasteiger charge is 2.24. The number of nitrogens with one attached hydrogen (secondary N) is 2. The van der Waals surface area contributed by atoms with Crippen LogP contribution in [-0.4, -0.2) is 29.7 Å². The number of carboxylic acid groups (broad SMARTS) is 1. The molecule has 5 heteroatoms. The Hall–Kier alpha value is -1.26. The lowest BCUT2D eigenvalue weighted by atomic mass is 9.99. The lowest BCUT2D eigenvalue weighted by molar-refractivity contribution is -0.140. The Bertz CT molecular complexity index is 267. The fourth-order valence-corrected chi connectivity index (χ4v) is 1.59. The molecular formula is C13H26N2O3. The van der Waals surface area contributed by atoms with Gasteiger partial charge in [0.05, 0.1) is 0 Å². The molecule has 0 bridgehead atoms. The lowest BCUT2D eigenvalue weighted by Gasteiger charge is -2.20. The van der Waals surface area contributed by atoms with Crippen molar-refractivity contribution in [3.05, 3.63) is 0 Å². The Balaban J connectivity index is 4.00. The van der Waals surface area contributed by atoms with Gasteiger partial charge in [0.2, 0.25) is 0 Å². The zero-order valence-corrected chi connectivity index (χ0v) is 11.8. The van der Waals surface area contributed by atoms with E-state index in [1.165, 1.54) is 0 Å². The van der Waals surface area contributed by atoms with Crippen molar-refractivity contribution in [1.29, 1.82) is 0 Å². The van der Waals surface area contributed by atoms with E-state index in [4.69, 9.17) is 5.11 Å². The Morgan fingerprint density at radius 1 is 1.22 bits per heavy atom. The molecule has 106 valence electrons. The molecule has 18 heavy (non-hydrogen) atoms. The average molecular weight is 258 g/mol. The third kappa shape index (κ3) is 7.14. The maximum Gasteiger partial charge on any atom is 0.326 e. The summed E-state index contributed by atoms with van der Waals surface area (Å²) in [5, 5.41) is 14.2. The number of hydrogen-bond donors (Lipinski definition) is 3. The van der Waals surface area contributed by atoms with Crippen molar-refractivity contribution in [1.82, 2.24) is 10.6 Å². The van der Waals surface area contributed by atoms with E-state index >= 15 is 0 Å². The van der Waals surface area contributed by atoms with Gasteiger partial charge in [-0.25, -0.2) is 9.59 Å². The first-order chi connectivity index (χ1) is 8.38. The van der Waals surface area contributed by atoms with E-state index in [0.29, 0.717) is 18.9 Å². The molecule has 3 N–H and O–H groups in total. The van der Waals surface area contributed by atoms with Gasteiger partial charge in [0.25, 0.3) is 0 Å². The first-order valence-electron chi connectivity index (χ1n) is 6.65. The number of carbonyl (C=O) groups excluding carboxylic acids is 1. The summed E-state index contributed by atoms with van der Waals surface area (Å²) in [7, 11) is 0. The van der Waals surface area contributed by atoms with Crippen molar-refractivity contribution in [2.45, 2.75) is 53.0 Å². The van der Waals surface area contributed by atoms with Gasteiger partial charge in [0.15, 0.2) is 0 Å². The minimum atomic E-state index is -0.985.